The number of aryl methyl sites for hydroxylation is 1. The second-order valence-corrected chi connectivity index (χ2v) is 7.50. The molecule has 0 aliphatic carbocycles. The van der Waals surface area contributed by atoms with E-state index in [1.165, 1.54) is 6.08 Å². The molecule has 3 N–H and O–H groups in total. The average Bonchev–Trinajstić information content (AvgIpc) is 3.29. The fourth-order valence-electron chi connectivity index (χ4n) is 3.36. The first-order valence-corrected chi connectivity index (χ1v) is 9.99. The van der Waals surface area contributed by atoms with Crippen molar-refractivity contribution in [3.05, 3.63) is 65.6 Å². The lowest BCUT2D eigenvalue weighted by atomic mass is 10.2. The number of aromatic nitrogens is 3. The van der Waals surface area contributed by atoms with Gasteiger partial charge in [-0.25, -0.2) is 4.68 Å². The van der Waals surface area contributed by atoms with Gasteiger partial charge in [-0.15, -0.1) is 0 Å². The van der Waals surface area contributed by atoms with E-state index in [-0.39, 0.29) is 18.6 Å². The number of nitrogens with zero attached hydrogens (tertiary/aromatic N) is 3. The van der Waals surface area contributed by atoms with E-state index < -0.39 is 5.91 Å². The second kappa shape index (κ2) is 9.34. The molecule has 0 fully saturated rings. The van der Waals surface area contributed by atoms with Gasteiger partial charge in [-0.05, 0) is 57.5 Å². The van der Waals surface area contributed by atoms with Crippen LogP contribution >= 0.6 is 0 Å². The minimum Gasteiger partial charge on any atom is -0.484 e. The van der Waals surface area contributed by atoms with Crippen LogP contribution in [0.5, 0.6) is 5.75 Å². The third-order valence-electron chi connectivity index (χ3n) is 4.73. The quantitative estimate of drug-likeness (QED) is 0.544. The van der Waals surface area contributed by atoms with Gasteiger partial charge in [0.25, 0.3) is 5.91 Å². The van der Waals surface area contributed by atoms with Crippen LogP contribution in [-0.4, -0.2) is 32.8 Å². The van der Waals surface area contributed by atoms with E-state index in [9.17, 15) is 9.59 Å². The molecule has 162 valence electrons. The van der Waals surface area contributed by atoms with Crippen LogP contribution in [0.3, 0.4) is 0 Å². The van der Waals surface area contributed by atoms with Crippen LogP contribution in [-0.2, 0) is 9.59 Å². The molecular weight excluding hydrogens is 394 g/mol. The number of amides is 2. The Morgan fingerprint density at radius 2 is 2.00 bits per heavy atom. The van der Waals surface area contributed by atoms with Crippen molar-refractivity contribution >= 4 is 23.6 Å². The predicted molar refractivity (Wildman–Crippen MR) is 120 cm³/mol. The summed E-state index contributed by atoms with van der Waals surface area (Å²) < 4.78 is 9.35. The number of primary amides is 1. The van der Waals surface area contributed by atoms with Crippen molar-refractivity contribution in [3.63, 3.8) is 0 Å². The Hall–Kier alpha value is -3.81. The monoisotopic (exact) mass is 421 g/mol. The minimum atomic E-state index is -0.564. The Morgan fingerprint density at radius 1 is 1.23 bits per heavy atom. The number of nitrogens with two attached hydrogens (primary N) is 1. The molecule has 3 aromatic rings. The largest absolute Gasteiger partial charge is 0.484 e. The first kappa shape index (κ1) is 21.9. The lowest BCUT2D eigenvalue weighted by Gasteiger charge is -2.15. The van der Waals surface area contributed by atoms with Gasteiger partial charge in [0.05, 0.1) is 6.20 Å². The summed E-state index contributed by atoms with van der Waals surface area (Å²) >= 11 is 0. The van der Waals surface area contributed by atoms with Crippen LogP contribution in [0.4, 0.5) is 5.69 Å². The van der Waals surface area contributed by atoms with Crippen molar-refractivity contribution in [2.75, 3.05) is 11.9 Å². The Kier molecular flexibility index (Phi) is 6.59. The topological polar surface area (TPSA) is 104 Å². The van der Waals surface area contributed by atoms with Gasteiger partial charge in [0.1, 0.15) is 11.6 Å². The minimum absolute atomic E-state index is 0.220. The van der Waals surface area contributed by atoms with E-state index >= 15 is 0 Å². The summed E-state index contributed by atoms with van der Waals surface area (Å²) in [6, 6.07) is 11.0. The number of benzene rings is 1. The van der Waals surface area contributed by atoms with Gasteiger partial charge in [-0.2, -0.15) is 5.10 Å². The molecule has 1 aromatic carbocycles. The van der Waals surface area contributed by atoms with Gasteiger partial charge in [0, 0.05) is 41.3 Å². The van der Waals surface area contributed by atoms with Gasteiger partial charge in [-0.1, -0.05) is 6.07 Å². The Labute approximate surface area is 181 Å². The maximum atomic E-state index is 12.4. The van der Waals surface area contributed by atoms with Crippen molar-refractivity contribution in [2.45, 2.75) is 33.7 Å². The molecule has 0 aliphatic rings. The summed E-state index contributed by atoms with van der Waals surface area (Å²) in [7, 11) is 0. The number of nitrogens with one attached hydrogen (secondary N) is 1. The Balaban J connectivity index is 1.74. The standard InChI is InChI=1S/C23H27N5O3/c1-15(2)28-23(10-11-25-28)27-16(3)12-18(17(27)4)8-9-22(30)26-19-6-5-7-20(13-19)31-14-21(24)29/h5-13,15H,14H2,1-4H3,(H2,24,29)(H,26,30)/b9-8+. The summed E-state index contributed by atoms with van der Waals surface area (Å²) in [5, 5.41) is 7.20. The molecule has 2 heterocycles. The van der Waals surface area contributed by atoms with Crippen LogP contribution < -0.4 is 15.8 Å². The first-order chi connectivity index (χ1) is 14.8. The molecule has 0 spiro atoms. The highest BCUT2D eigenvalue weighted by molar-refractivity contribution is 6.02. The maximum Gasteiger partial charge on any atom is 0.255 e. The zero-order valence-electron chi connectivity index (χ0n) is 18.1. The molecule has 0 saturated heterocycles. The third kappa shape index (κ3) is 5.22. The van der Waals surface area contributed by atoms with Crippen LogP contribution in [0.15, 0.2) is 48.7 Å². The highest BCUT2D eigenvalue weighted by atomic mass is 16.5. The maximum absolute atomic E-state index is 12.4. The van der Waals surface area contributed by atoms with E-state index in [0.29, 0.717) is 11.4 Å². The highest BCUT2D eigenvalue weighted by Crippen LogP contribution is 2.23. The van der Waals surface area contributed by atoms with Crippen molar-refractivity contribution in [1.82, 2.24) is 14.3 Å². The first-order valence-electron chi connectivity index (χ1n) is 9.99. The smallest absolute Gasteiger partial charge is 0.255 e. The van der Waals surface area contributed by atoms with Gasteiger partial charge in [-0.3, -0.25) is 9.59 Å². The predicted octanol–water partition coefficient (Wildman–Crippen LogP) is 3.39. The van der Waals surface area contributed by atoms with Gasteiger partial charge >= 0.3 is 0 Å². The SMILES string of the molecule is Cc1cc(/C=C/C(=O)Nc2cccc(OCC(N)=O)c2)c(C)n1-c1ccnn1C(C)C. The van der Waals surface area contributed by atoms with E-state index in [4.69, 9.17) is 10.5 Å². The zero-order valence-corrected chi connectivity index (χ0v) is 18.1. The summed E-state index contributed by atoms with van der Waals surface area (Å²) in [6.07, 6.45) is 5.07. The highest BCUT2D eigenvalue weighted by Gasteiger charge is 2.14. The second-order valence-electron chi connectivity index (χ2n) is 7.50. The summed E-state index contributed by atoms with van der Waals surface area (Å²) in [5.41, 5.74) is 8.66. The average molecular weight is 422 g/mol. The molecule has 3 rings (SSSR count). The third-order valence-corrected chi connectivity index (χ3v) is 4.73. The molecule has 0 atom stereocenters. The molecule has 8 heteroatoms. The van der Waals surface area contributed by atoms with Gasteiger partial charge in [0.15, 0.2) is 6.61 Å². The Morgan fingerprint density at radius 3 is 2.71 bits per heavy atom. The van der Waals surface area contributed by atoms with Gasteiger partial charge < -0.3 is 20.4 Å². The normalized spacial score (nSPS) is 11.3. The molecule has 8 nitrogen and oxygen atoms in total. The van der Waals surface area contributed by atoms with Crippen molar-refractivity contribution in [1.29, 1.82) is 0 Å². The number of rotatable bonds is 8. The zero-order chi connectivity index (χ0) is 22.5. The molecule has 0 radical (unpaired) electrons. The van der Waals surface area contributed by atoms with E-state index in [1.54, 1.807) is 36.5 Å². The van der Waals surface area contributed by atoms with Crippen LogP contribution in [0, 0.1) is 13.8 Å². The number of hydrogen-bond acceptors (Lipinski definition) is 4. The lowest BCUT2D eigenvalue weighted by molar-refractivity contribution is -0.120. The molecule has 2 amide bonds. The summed E-state index contributed by atoms with van der Waals surface area (Å²) in [6.45, 7) is 8.00. The molecule has 31 heavy (non-hydrogen) atoms. The Bertz CT molecular complexity index is 1120. The van der Waals surface area contributed by atoms with Crippen molar-refractivity contribution in [3.8, 4) is 11.6 Å². The van der Waals surface area contributed by atoms with Crippen LogP contribution in [0.2, 0.25) is 0 Å². The van der Waals surface area contributed by atoms with Crippen molar-refractivity contribution in [2.24, 2.45) is 5.73 Å². The van der Waals surface area contributed by atoms with Crippen LogP contribution in [0.1, 0.15) is 36.8 Å². The summed E-state index contributed by atoms with van der Waals surface area (Å²) in [4.78, 5) is 23.3. The van der Waals surface area contributed by atoms with Gasteiger partial charge in [0.2, 0.25) is 5.91 Å². The molecule has 0 aliphatic heterocycles. The van der Waals surface area contributed by atoms with Crippen LogP contribution in [0.25, 0.3) is 11.9 Å². The van der Waals surface area contributed by atoms with Crippen molar-refractivity contribution < 1.29 is 14.3 Å². The number of hydrogen-bond donors (Lipinski definition) is 2. The molecule has 0 bridgehead atoms. The fraction of sp³-hybridized carbons (Fsp3) is 0.261. The molecule has 0 unspecified atom stereocenters. The van der Waals surface area contributed by atoms with E-state index in [1.807, 2.05) is 30.7 Å². The van der Waals surface area contributed by atoms with E-state index in [0.717, 1.165) is 22.8 Å². The number of carbonyl (C=O) groups is 2. The molecule has 0 saturated carbocycles. The number of anilines is 1. The number of carbonyl (C=O) groups excluding carboxylic acids is 2. The fourth-order valence-corrected chi connectivity index (χ4v) is 3.36. The van der Waals surface area contributed by atoms with E-state index in [2.05, 4.69) is 28.8 Å². The number of ether oxygens (including phenoxy) is 1. The lowest BCUT2D eigenvalue weighted by Crippen LogP contribution is -2.20. The summed E-state index contributed by atoms with van der Waals surface area (Å²) in [5.74, 6) is 0.600. The molecule has 2 aromatic heterocycles. The molecular formula is C23H27N5O3.